The van der Waals surface area contributed by atoms with Gasteiger partial charge in [-0.1, -0.05) is 0 Å². The maximum absolute atomic E-state index is 11.2. The number of alkyl carbamates (subject to hydrolysis) is 1. The summed E-state index contributed by atoms with van der Waals surface area (Å²) in [5, 5.41) is 15.4. The molecule has 8 nitrogen and oxygen atoms in total. The molecule has 0 bridgehead atoms. The van der Waals surface area contributed by atoms with Crippen molar-refractivity contribution in [2.75, 3.05) is 25.1 Å². The molecule has 3 rings (SSSR count). The molecule has 1 N–H and O–H groups in total. The molecule has 2 aromatic heterocycles. The normalized spacial score (nSPS) is 16.2. The number of anilines is 1. The summed E-state index contributed by atoms with van der Waals surface area (Å²) >= 11 is 0. The van der Waals surface area contributed by atoms with Crippen molar-refractivity contribution in [2.45, 2.75) is 25.8 Å². The number of rotatable bonds is 2. The van der Waals surface area contributed by atoms with Gasteiger partial charge in [-0.05, 0) is 31.9 Å². The Morgan fingerprint density at radius 1 is 1.33 bits per heavy atom. The van der Waals surface area contributed by atoms with Gasteiger partial charge in [-0.3, -0.25) is 0 Å². The van der Waals surface area contributed by atoms with E-state index in [1.807, 2.05) is 19.1 Å². The summed E-state index contributed by atoms with van der Waals surface area (Å²) in [6.45, 7) is 3.56. The molecule has 3 heterocycles. The predicted molar refractivity (Wildman–Crippen MR) is 76.3 cm³/mol. The van der Waals surface area contributed by atoms with Gasteiger partial charge in [-0.25, -0.2) is 4.79 Å². The Balaban J connectivity index is 1.67. The number of nitrogens with one attached hydrogen (secondary N) is 1. The minimum atomic E-state index is -0.367. The molecule has 1 aliphatic rings. The Kier molecular flexibility index (Phi) is 3.59. The maximum atomic E-state index is 11.2. The van der Waals surface area contributed by atoms with Crippen molar-refractivity contribution in [2.24, 2.45) is 0 Å². The van der Waals surface area contributed by atoms with E-state index in [9.17, 15) is 4.79 Å². The van der Waals surface area contributed by atoms with Crippen LogP contribution in [-0.2, 0) is 4.74 Å². The van der Waals surface area contributed by atoms with E-state index in [0.717, 1.165) is 43.2 Å². The second kappa shape index (κ2) is 5.55. The first-order valence-corrected chi connectivity index (χ1v) is 6.96. The average molecular weight is 290 g/mol. The number of ether oxygens (including phenoxy) is 1. The molecule has 21 heavy (non-hydrogen) atoms. The van der Waals surface area contributed by atoms with E-state index in [1.165, 1.54) is 7.11 Å². The number of piperidine rings is 1. The third-order valence-corrected chi connectivity index (χ3v) is 3.73. The summed E-state index contributed by atoms with van der Waals surface area (Å²) in [6.07, 6.45) is 1.37. The first kappa shape index (κ1) is 13.6. The highest BCUT2D eigenvalue weighted by molar-refractivity contribution is 5.67. The zero-order valence-electron chi connectivity index (χ0n) is 12.1. The Bertz CT molecular complexity index is 647. The lowest BCUT2D eigenvalue weighted by atomic mass is 10.1. The Morgan fingerprint density at radius 3 is 2.81 bits per heavy atom. The van der Waals surface area contributed by atoms with Crippen LogP contribution in [0.25, 0.3) is 5.65 Å². The SMILES string of the molecule is COC(=O)NC1CCN(c2ccc3nnc(C)n3n2)CC1. The number of carbonyl (C=O) groups excluding carboxylic acids is 1. The van der Waals surface area contributed by atoms with E-state index in [1.54, 1.807) is 4.52 Å². The molecular formula is C13H18N6O2. The van der Waals surface area contributed by atoms with Crippen molar-refractivity contribution >= 4 is 17.6 Å². The number of fused-ring (bicyclic) bond motifs is 1. The van der Waals surface area contributed by atoms with E-state index < -0.39 is 0 Å². The second-order valence-electron chi connectivity index (χ2n) is 5.11. The molecule has 1 fully saturated rings. The summed E-state index contributed by atoms with van der Waals surface area (Å²) in [6, 6.07) is 4.03. The molecule has 2 aromatic rings. The smallest absolute Gasteiger partial charge is 0.407 e. The lowest BCUT2D eigenvalue weighted by Crippen LogP contribution is -2.45. The van der Waals surface area contributed by atoms with Crippen LogP contribution in [0.1, 0.15) is 18.7 Å². The summed E-state index contributed by atoms with van der Waals surface area (Å²) in [7, 11) is 1.38. The highest BCUT2D eigenvalue weighted by Crippen LogP contribution is 2.18. The third-order valence-electron chi connectivity index (χ3n) is 3.73. The number of methoxy groups -OCH3 is 1. The predicted octanol–water partition coefficient (Wildman–Crippen LogP) is 0.758. The van der Waals surface area contributed by atoms with Crippen molar-refractivity contribution in [1.82, 2.24) is 25.1 Å². The molecule has 0 saturated carbocycles. The number of hydrogen-bond donors (Lipinski definition) is 1. The molecule has 1 aliphatic heterocycles. The highest BCUT2D eigenvalue weighted by atomic mass is 16.5. The summed E-state index contributed by atoms with van der Waals surface area (Å²) in [5.41, 5.74) is 0.749. The molecule has 1 saturated heterocycles. The van der Waals surface area contributed by atoms with Gasteiger partial charge in [0.25, 0.3) is 0 Å². The molecular weight excluding hydrogens is 272 g/mol. The fourth-order valence-electron chi connectivity index (χ4n) is 2.53. The lowest BCUT2D eigenvalue weighted by molar-refractivity contribution is 0.164. The van der Waals surface area contributed by atoms with Crippen LogP contribution in [-0.4, -0.2) is 52.1 Å². The highest BCUT2D eigenvalue weighted by Gasteiger charge is 2.22. The zero-order chi connectivity index (χ0) is 14.8. The first-order valence-electron chi connectivity index (χ1n) is 6.96. The number of carbonyl (C=O) groups is 1. The van der Waals surface area contributed by atoms with Gasteiger partial charge in [0.1, 0.15) is 5.82 Å². The zero-order valence-corrected chi connectivity index (χ0v) is 12.1. The number of aromatic nitrogens is 4. The van der Waals surface area contributed by atoms with E-state index in [4.69, 9.17) is 0 Å². The maximum Gasteiger partial charge on any atom is 0.407 e. The van der Waals surface area contributed by atoms with Crippen molar-refractivity contribution in [1.29, 1.82) is 0 Å². The van der Waals surface area contributed by atoms with Crippen LogP contribution < -0.4 is 10.2 Å². The van der Waals surface area contributed by atoms with Crippen molar-refractivity contribution in [3.63, 3.8) is 0 Å². The molecule has 0 radical (unpaired) electrons. The third kappa shape index (κ3) is 2.74. The largest absolute Gasteiger partial charge is 0.453 e. The van der Waals surface area contributed by atoms with E-state index in [2.05, 4.69) is 30.2 Å². The average Bonchev–Trinajstić information content (AvgIpc) is 2.89. The van der Waals surface area contributed by atoms with Gasteiger partial charge in [0, 0.05) is 19.1 Å². The molecule has 0 aromatic carbocycles. The van der Waals surface area contributed by atoms with Gasteiger partial charge >= 0.3 is 6.09 Å². The first-order chi connectivity index (χ1) is 10.2. The molecule has 0 aliphatic carbocycles. The number of aryl methyl sites for hydroxylation is 1. The van der Waals surface area contributed by atoms with Gasteiger partial charge in [0.15, 0.2) is 11.5 Å². The van der Waals surface area contributed by atoms with Gasteiger partial charge in [0.05, 0.1) is 7.11 Å². The monoisotopic (exact) mass is 290 g/mol. The van der Waals surface area contributed by atoms with Gasteiger partial charge < -0.3 is 15.0 Å². The fourth-order valence-corrected chi connectivity index (χ4v) is 2.53. The molecule has 0 spiro atoms. The number of amides is 1. The van der Waals surface area contributed by atoms with Crippen molar-refractivity contribution < 1.29 is 9.53 Å². The minimum Gasteiger partial charge on any atom is -0.453 e. The molecule has 112 valence electrons. The minimum absolute atomic E-state index is 0.161. The van der Waals surface area contributed by atoms with Crippen molar-refractivity contribution in [3.05, 3.63) is 18.0 Å². The molecule has 1 amide bonds. The van der Waals surface area contributed by atoms with E-state index >= 15 is 0 Å². The van der Waals surface area contributed by atoms with Crippen LogP contribution in [0.15, 0.2) is 12.1 Å². The van der Waals surface area contributed by atoms with Crippen LogP contribution in [0.3, 0.4) is 0 Å². The topological polar surface area (TPSA) is 84.6 Å². The number of nitrogens with zero attached hydrogens (tertiary/aromatic N) is 5. The fraction of sp³-hybridized carbons (Fsp3) is 0.538. The van der Waals surface area contributed by atoms with Gasteiger partial charge in [-0.2, -0.15) is 4.52 Å². The van der Waals surface area contributed by atoms with Crippen LogP contribution in [0.5, 0.6) is 0 Å². The van der Waals surface area contributed by atoms with Crippen LogP contribution in [0, 0.1) is 6.92 Å². The summed E-state index contributed by atoms with van der Waals surface area (Å²) in [4.78, 5) is 13.4. The van der Waals surface area contributed by atoms with Gasteiger partial charge in [0.2, 0.25) is 0 Å². The van der Waals surface area contributed by atoms with Crippen LogP contribution in [0.4, 0.5) is 10.6 Å². The quantitative estimate of drug-likeness (QED) is 0.879. The Hall–Kier alpha value is -2.38. The summed E-state index contributed by atoms with van der Waals surface area (Å²) in [5.74, 6) is 1.68. The standard InChI is InChI=1S/C13H18N6O2/c1-9-15-16-11-3-4-12(17-19(9)11)18-7-5-10(6-8-18)14-13(20)21-2/h3-4,10H,5-8H2,1-2H3,(H,14,20). The lowest BCUT2D eigenvalue weighted by Gasteiger charge is -2.32. The van der Waals surface area contributed by atoms with E-state index in [0.29, 0.717) is 0 Å². The molecule has 0 atom stereocenters. The number of hydrogen-bond acceptors (Lipinski definition) is 6. The van der Waals surface area contributed by atoms with Crippen molar-refractivity contribution in [3.8, 4) is 0 Å². The Labute approximate surface area is 122 Å². The summed E-state index contributed by atoms with van der Waals surface area (Å²) < 4.78 is 6.37. The molecule has 8 heteroatoms. The van der Waals surface area contributed by atoms with Crippen LogP contribution in [0.2, 0.25) is 0 Å². The van der Waals surface area contributed by atoms with E-state index in [-0.39, 0.29) is 12.1 Å². The Morgan fingerprint density at radius 2 is 2.10 bits per heavy atom. The van der Waals surface area contributed by atoms with Gasteiger partial charge in [-0.15, -0.1) is 15.3 Å². The second-order valence-corrected chi connectivity index (χ2v) is 5.11. The molecule has 0 unspecified atom stereocenters. The van der Waals surface area contributed by atoms with Crippen LogP contribution >= 0.6 is 0 Å².